The third-order valence-electron chi connectivity index (χ3n) is 2.70. The van der Waals surface area contributed by atoms with Gasteiger partial charge in [0.25, 0.3) is 6.43 Å². The summed E-state index contributed by atoms with van der Waals surface area (Å²) in [6.45, 7) is -0.217. The van der Waals surface area contributed by atoms with E-state index in [1.807, 2.05) is 0 Å². The van der Waals surface area contributed by atoms with Crippen LogP contribution in [0.4, 0.5) is 8.78 Å². The SMILES string of the molecule is NC1CCCC1C(=O)NCCOCC(F)F. The normalized spacial score (nSPS) is 25.0. The third-order valence-corrected chi connectivity index (χ3v) is 2.70. The first-order chi connectivity index (χ1) is 7.61. The number of halogens is 2. The Kier molecular flexibility index (Phi) is 5.62. The molecule has 1 aliphatic rings. The lowest BCUT2D eigenvalue weighted by molar-refractivity contribution is -0.125. The second-order valence-electron chi connectivity index (χ2n) is 3.96. The molecule has 0 spiro atoms. The van der Waals surface area contributed by atoms with Crippen molar-refractivity contribution in [2.75, 3.05) is 19.8 Å². The molecule has 0 aromatic carbocycles. The summed E-state index contributed by atoms with van der Waals surface area (Å²) in [6, 6.07) is -0.0676. The van der Waals surface area contributed by atoms with Crippen LogP contribution in [0.2, 0.25) is 0 Å². The minimum absolute atomic E-state index is 0.0676. The summed E-state index contributed by atoms with van der Waals surface area (Å²) in [5.74, 6) is -0.222. The second kappa shape index (κ2) is 6.75. The van der Waals surface area contributed by atoms with Crippen molar-refractivity contribution in [1.29, 1.82) is 0 Å². The molecule has 0 aliphatic heterocycles. The highest BCUT2D eigenvalue weighted by atomic mass is 19.3. The quantitative estimate of drug-likeness (QED) is 0.660. The van der Waals surface area contributed by atoms with Gasteiger partial charge in [0, 0.05) is 12.6 Å². The van der Waals surface area contributed by atoms with E-state index in [4.69, 9.17) is 5.73 Å². The first-order valence-corrected chi connectivity index (χ1v) is 5.50. The van der Waals surface area contributed by atoms with Crippen LogP contribution in [0, 0.1) is 5.92 Å². The molecule has 16 heavy (non-hydrogen) atoms. The Morgan fingerprint density at radius 2 is 2.25 bits per heavy atom. The zero-order valence-electron chi connectivity index (χ0n) is 9.12. The molecule has 0 aromatic rings. The second-order valence-corrected chi connectivity index (χ2v) is 3.96. The van der Waals surface area contributed by atoms with Crippen LogP contribution in [0.25, 0.3) is 0 Å². The van der Waals surface area contributed by atoms with Crippen LogP contribution in [0.3, 0.4) is 0 Å². The number of hydrogen-bond donors (Lipinski definition) is 2. The van der Waals surface area contributed by atoms with Gasteiger partial charge in [0.05, 0.1) is 12.5 Å². The number of nitrogens with one attached hydrogen (secondary N) is 1. The van der Waals surface area contributed by atoms with E-state index in [1.165, 1.54) is 0 Å². The molecule has 2 unspecified atom stereocenters. The summed E-state index contributed by atoms with van der Waals surface area (Å²) >= 11 is 0. The standard InChI is InChI=1S/C10H18F2N2O2/c11-9(12)6-16-5-4-14-10(15)7-2-1-3-8(7)13/h7-9H,1-6,13H2,(H,14,15). The first-order valence-electron chi connectivity index (χ1n) is 5.50. The Morgan fingerprint density at radius 3 is 2.81 bits per heavy atom. The first kappa shape index (κ1) is 13.3. The molecule has 0 heterocycles. The van der Waals surface area contributed by atoms with E-state index in [1.54, 1.807) is 0 Å². The number of rotatable bonds is 6. The zero-order chi connectivity index (χ0) is 12.0. The van der Waals surface area contributed by atoms with E-state index in [-0.39, 0.29) is 31.0 Å². The van der Waals surface area contributed by atoms with Crippen molar-refractivity contribution in [3.8, 4) is 0 Å². The van der Waals surface area contributed by atoms with Crippen molar-refractivity contribution >= 4 is 5.91 Å². The maximum Gasteiger partial charge on any atom is 0.261 e. The maximum absolute atomic E-state index is 11.7. The molecule has 1 amide bonds. The van der Waals surface area contributed by atoms with Gasteiger partial charge >= 0.3 is 0 Å². The topological polar surface area (TPSA) is 64.4 Å². The van der Waals surface area contributed by atoms with Crippen LogP contribution in [-0.2, 0) is 9.53 Å². The fourth-order valence-corrected chi connectivity index (χ4v) is 1.86. The minimum atomic E-state index is -2.46. The summed E-state index contributed by atoms with van der Waals surface area (Å²) in [5, 5.41) is 2.64. The largest absolute Gasteiger partial charge is 0.374 e. The van der Waals surface area contributed by atoms with Crippen molar-refractivity contribution in [3.63, 3.8) is 0 Å². The predicted octanol–water partition coefficient (Wildman–Crippen LogP) is 0.512. The number of hydrogen-bond acceptors (Lipinski definition) is 3. The highest BCUT2D eigenvalue weighted by molar-refractivity contribution is 5.79. The van der Waals surface area contributed by atoms with E-state index in [9.17, 15) is 13.6 Å². The number of carbonyl (C=O) groups excluding carboxylic acids is 1. The van der Waals surface area contributed by atoms with Crippen molar-refractivity contribution in [2.45, 2.75) is 31.7 Å². The van der Waals surface area contributed by atoms with Crippen molar-refractivity contribution < 1.29 is 18.3 Å². The third kappa shape index (κ3) is 4.40. The van der Waals surface area contributed by atoms with Gasteiger partial charge in [-0.15, -0.1) is 0 Å². The van der Waals surface area contributed by atoms with Gasteiger partial charge in [-0.2, -0.15) is 0 Å². The highest BCUT2D eigenvalue weighted by Gasteiger charge is 2.29. The molecule has 4 nitrogen and oxygen atoms in total. The van der Waals surface area contributed by atoms with Crippen LogP contribution in [0.5, 0.6) is 0 Å². The van der Waals surface area contributed by atoms with Gasteiger partial charge in [-0.1, -0.05) is 6.42 Å². The highest BCUT2D eigenvalue weighted by Crippen LogP contribution is 2.23. The fraction of sp³-hybridized carbons (Fsp3) is 0.900. The lowest BCUT2D eigenvalue weighted by Crippen LogP contribution is -2.39. The molecular weight excluding hydrogens is 218 g/mol. The average Bonchev–Trinajstić information content (AvgIpc) is 2.63. The summed E-state index contributed by atoms with van der Waals surface area (Å²) in [6.07, 6.45) is 0.199. The van der Waals surface area contributed by atoms with Crippen LogP contribution < -0.4 is 11.1 Å². The van der Waals surface area contributed by atoms with Gasteiger partial charge in [-0.25, -0.2) is 8.78 Å². The van der Waals surface area contributed by atoms with Crippen LogP contribution in [0.15, 0.2) is 0 Å². The molecular formula is C10H18F2N2O2. The van der Waals surface area contributed by atoms with Gasteiger partial charge < -0.3 is 15.8 Å². The van der Waals surface area contributed by atoms with Gasteiger partial charge in [0.2, 0.25) is 5.91 Å². The van der Waals surface area contributed by atoms with Gasteiger partial charge in [0.15, 0.2) is 0 Å². The Morgan fingerprint density at radius 1 is 1.50 bits per heavy atom. The number of ether oxygens (including phenoxy) is 1. The summed E-state index contributed by atoms with van der Waals surface area (Å²) in [7, 11) is 0. The lowest BCUT2D eigenvalue weighted by Gasteiger charge is -2.14. The molecule has 0 aromatic heterocycles. The predicted molar refractivity (Wildman–Crippen MR) is 55.1 cm³/mol. The minimum Gasteiger partial charge on any atom is -0.374 e. The number of nitrogens with two attached hydrogens (primary N) is 1. The van der Waals surface area contributed by atoms with Crippen LogP contribution >= 0.6 is 0 Å². The summed E-state index contributed by atoms with van der Waals surface area (Å²) in [4.78, 5) is 11.6. The van der Waals surface area contributed by atoms with Gasteiger partial charge in [-0.3, -0.25) is 4.79 Å². The molecule has 2 atom stereocenters. The monoisotopic (exact) mass is 236 g/mol. The molecule has 6 heteroatoms. The average molecular weight is 236 g/mol. The van der Waals surface area contributed by atoms with Crippen LogP contribution in [-0.4, -0.2) is 38.1 Å². The van der Waals surface area contributed by atoms with Crippen molar-refractivity contribution in [3.05, 3.63) is 0 Å². The molecule has 1 saturated carbocycles. The molecule has 1 rings (SSSR count). The molecule has 0 saturated heterocycles. The molecule has 94 valence electrons. The van der Waals surface area contributed by atoms with Crippen LogP contribution in [0.1, 0.15) is 19.3 Å². The Labute approximate surface area is 93.5 Å². The van der Waals surface area contributed by atoms with E-state index in [2.05, 4.69) is 10.1 Å². The molecule has 0 bridgehead atoms. The van der Waals surface area contributed by atoms with Crippen molar-refractivity contribution in [2.24, 2.45) is 11.7 Å². The van der Waals surface area contributed by atoms with E-state index in [0.29, 0.717) is 0 Å². The molecule has 0 radical (unpaired) electrons. The smallest absolute Gasteiger partial charge is 0.261 e. The number of alkyl halides is 2. The fourth-order valence-electron chi connectivity index (χ4n) is 1.86. The van der Waals surface area contributed by atoms with Gasteiger partial charge in [-0.05, 0) is 12.8 Å². The lowest BCUT2D eigenvalue weighted by atomic mass is 10.0. The van der Waals surface area contributed by atoms with E-state index >= 15 is 0 Å². The summed E-state index contributed by atoms with van der Waals surface area (Å²) < 4.78 is 28.0. The Hall–Kier alpha value is -0.750. The Balaban J connectivity index is 2.06. The van der Waals surface area contributed by atoms with Gasteiger partial charge in [0.1, 0.15) is 6.61 Å². The number of amides is 1. The van der Waals surface area contributed by atoms with E-state index in [0.717, 1.165) is 19.3 Å². The van der Waals surface area contributed by atoms with Crippen molar-refractivity contribution in [1.82, 2.24) is 5.32 Å². The molecule has 1 fully saturated rings. The summed E-state index contributed by atoms with van der Waals surface area (Å²) in [5.41, 5.74) is 5.76. The molecule has 3 N–H and O–H groups in total. The zero-order valence-corrected chi connectivity index (χ0v) is 9.12. The maximum atomic E-state index is 11.7. The molecule has 1 aliphatic carbocycles. The number of carbonyl (C=O) groups is 1. The van der Waals surface area contributed by atoms with E-state index < -0.39 is 13.0 Å². The Bertz CT molecular complexity index is 227.